The molecule has 3 aromatic rings. The molecule has 0 saturated carbocycles. The molecule has 1 unspecified atom stereocenters. The van der Waals surface area contributed by atoms with Crippen LogP contribution >= 0.6 is 0 Å². The number of aliphatic carboxylic acids is 1. The number of carboxylic acid groups (broad SMARTS) is 1. The van der Waals surface area contributed by atoms with Gasteiger partial charge in [0.1, 0.15) is 23.8 Å². The van der Waals surface area contributed by atoms with E-state index in [-0.39, 0.29) is 6.61 Å². The van der Waals surface area contributed by atoms with E-state index in [2.05, 4.69) is 24.0 Å². The molecule has 0 fully saturated rings. The van der Waals surface area contributed by atoms with Crippen molar-refractivity contribution in [2.24, 2.45) is 0 Å². The standard InChI is InChI=1S/C25H29NO5/c1-5-18-7-9-19(10-8-18)24-26-22(17(4)31-24)15-30-21-12-11-20(16(3)13-21)14-23(25(27)28)29-6-2/h7-13,23H,5-6,14-15H2,1-4H3,(H,27,28). The molecule has 1 N–H and O–H groups in total. The van der Waals surface area contributed by atoms with Crippen LogP contribution in [0.2, 0.25) is 0 Å². The molecule has 6 nitrogen and oxygen atoms in total. The third-order valence-electron chi connectivity index (χ3n) is 5.24. The number of aromatic nitrogens is 1. The average Bonchev–Trinajstić information content (AvgIpc) is 3.14. The topological polar surface area (TPSA) is 81.8 Å². The van der Waals surface area contributed by atoms with Crippen LogP contribution in [0.3, 0.4) is 0 Å². The van der Waals surface area contributed by atoms with Crippen LogP contribution in [0.15, 0.2) is 46.9 Å². The number of benzene rings is 2. The maximum atomic E-state index is 11.3. The average molecular weight is 424 g/mol. The van der Waals surface area contributed by atoms with Crippen LogP contribution in [0.25, 0.3) is 11.5 Å². The molecule has 6 heteroatoms. The molecule has 0 aliphatic carbocycles. The van der Waals surface area contributed by atoms with Gasteiger partial charge in [-0.2, -0.15) is 0 Å². The van der Waals surface area contributed by atoms with Gasteiger partial charge >= 0.3 is 5.97 Å². The SMILES string of the molecule is CCOC(Cc1ccc(OCc2nc(-c3ccc(CC)cc3)oc2C)cc1C)C(=O)O. The van der Waals surface area contributed by atoms with Crippen molar-refractivity contribution in [2.75, 3.05) is 6.61 Å². The van der Waals surface area contributed by atoms with Gasteiger partial charge in [-0.3, -0.25) is 0 Å². The molecule has 0 radical (unpaired) electrons. The third-order valence-corrected chi connectivity index (χ3v) is 5.24. The maximum absolute atomic E-state index is 11.3. The lowest BCUT2D eigenvalue weighted by molar-refractivity contribution is -0.149. The maximum Gasteiger partial charge on any atom is 0.333 e. The lowest BCUT2D eigenvalue weighted by atomic mass is 10.0. The highest BCUT2D eigenvalue weighted by Gasteiger charge is 2.19. The predicted octanol–water partition coefficient (Wildman–Crippen LogP) is 5.13. The molecule has 31 heavy (non-hydrogen) atoms. The van der Waals surface area contributed by atoms with Crippen molar-refractivity contribution in [3.05, 3.63) is 70.6 Å². The number of rotatable bonds is 10. The van der Waals surface area contributed by atoms with E-state index in [1.165, 1.54) is 5.56 Å². The number of ether oxygens (including phenoxy) is 2. The normalized spacial score (nSPS) is 12.0. The fraction of sp³-hybridized carbons (Fsp3) is 0.360. The quantitative estimate of drug-likeness (QED) is 0.487. The first kappa shape index (κ1) is 22.6. The zero-order valence-corrected chi connectivity index (χ0v) is 18.5. The second kappa shape index (κ2) is 10.3. The minimum atomic E-state index is -0.955. The fourth-order valence-electron chi connectivity index (χ4n) is 3.33. The second-order valence-corrected chi connectivity index (χ2v) is 7.44. The van der Waals surface area contributed by atoms with Crippen LogP contribution in [0.5, 0.6) is 5.75 Å². The molecule has 3 rings (SSSR count). The molecule has 0 aliphatic heterocycles. The third kappa shape index (κ3) is 5.73. The largest absolute Gasteiger partial charge is 0.487 e. The first-order valence-corrected chi connectivity index (χ1v) is 10.5. The number of hydrogen-bond acceptors (Lipinski definition) is 5. The van der Waals surface area contributed by atoms with E-state index < -0.39 is 12.1 Å². The molecule has 0 saturated heterocycles. The lowest BCUT2D eigenvalue weighted by Crippen LogP contribution is -2.26. The van der Waals surface area contributed by atoms with Crippen LogP contribution in [-0.4, -0.2) is 28.8 Å². The van der Waals surface area contributed by atoms with Crippen LogP contribution in [-0.2, 0) is 29.0 Å². The zero-order chi connectivity index (χ0) is 22.4. The van der Waals surface area contributed by atoms with Gasteiger partial charge in [-0.25, -0.2) is 9.78 Å². The Bertz CT molecular complexity index is 1020. The monoisotopic (exact) mass is 423 g/mol. The van der Waals surface area contributed by atoms with Crippen molar-refractivity contribution in [3.8, 4) is 17.2 Å². The Kier molecular flexibility index (Phi) is 7.47. The fourth-order valence-corrected chi connectivity index (χ4v) is 3.33. The van der Waals surface area contributed by atoms with E-state index in [9.17, 15) is 9.90 Å². The molecule has 1 aromatic heterocycles. The summed E-state index contributed by atoms with van der Waals surface area (Å²) in [6.07, 6.45) is 0.459. The Balaban J connectivity index is 1.66. The summed E-state index contributed by atoms with van der Waals surface area (Å²) in [5.74, 6) is 1.05. The predicted molar refractivity (Wildman–Crippen MR) is 118 cm³/mol. The molecule has 1 heterocycles. The van der Waals surface area contributed by atoms with Gasteiger partial charge in [0.25, 0.3) is 0 Å². The lowest BCUT2D eigenvalue weighted by Gasteiger charge is -2.15. The van der Waals surface area contributed by atoms with Crippen LogP contribution in [0.4, 0.5) is 0 Å². The number of aryl methyl sites for hydroxylation is 3. The summed E-state index contributed by atoms with van der Waals surface area (Å²) in [4.78, 5) is 15.9. The number of hydrogen-bond donors (Lipinski definition) is 1. The van der Waals surface area contributed by atoms with Gasteiger partial charge < -0.3 is 19.0 Å². The van der Waals surface area contributed by atoms with Gasteiger partial charge in [-0.15, -0.1) is 0 Å². The molecule has 0 spiro atoms. The smallest absolute Gasteiger partial charge is 0.333 e. The van der Waals surface area contributed by atoms with Crippen LogP contribution < -0.4 is 4.74 Å². The molecule has 0 bridgehead atoms. The van der Waals surface area contributed by atoms with Gasteiger partial charge in [0.05, 0.1) is 0 Å². The summed E-state index contributed by atoms with van der Waals surface area (Å²) in [5.41, 5.74) is 4.83. The molecular formula is C25H29NO5. The number of oxazole rings is 1. The van der Waals surface area contributed by atoms with E-state index >= 15 is 0 Å². The Hall–Kier alpha value is -3.12. The number of carbonyl (C=O) groups is 1. The molecular weight excluding hydrogens is 394 g/mol. The summed E-state index contributed by atoms with van der Waals surface area (Å²) in [7, 11) is 0. The molecule has 164 valence electrons. The van der Waals surface area contributed by atoms with Gasteiger partial charge in [-0.05, 0) is 68.1 Å². The summed E-state index contributed by atoms with van der Waals surface area (Å²) in [5, 5.41) is 9.29. The van der Waals surface area contributed by atoms with Crippen LogP contribution in [0.1, 0.15) is 42.0 Å². The molecule has 0 amide bonds. The van der Waals surface area contributed by atoms with Crippen molar-refractivity contribution >= 4 is 5.97 Å². The van der Waals surface area contributed by atoms with E-state index in [1.807, 2.05) is 44.2 Å². The van der Waals surface area contributed by atoms with Crippen LogP contribution in [0, 0.1) is 13.8 Å². The van der Waals surface area contributed by atoms with Crippen molar-refractivity contribution in [2.45, 2.75) is 53.2 Å². The molecule has 1 atom stereocenters. The van der Waals surface area contributed by atoms with Crippen molar-refractivity contribution in [3.63, 3.8) is 0 Å². The zero-order valence-electron chi connectivity index (χ0n) is 18.5. The van der Waals surface area contributed by atoms with Gasteiger partial charge in [0.15, 0.2) is 6.10 Å². The summed E-state index contributed by atoms with van der Waals surface area (Å²) in [6, 6.07) is 13.8. The second-order valence-electron chi connectivity index (χ2n) is 7.44. The highest BCUT2D eigenvalue weighted by molar-refractivity contribution is 5.72. The van der Waals surface area contributed by atoms with E-state index in [4.69, 9.17) is 13.9 Å². The Morgan fingerprint density at radius 3 is 2.48 bits per heavy atom. The Morgan fingerprint density at radius 1 is 1.13 bits per heavy atom. The molecule has 2 aromatic carbocycles. The highest BCUT2D eigenvalue weighted by Crippen LogP contribution is 2.24. The summed E-state index contributed by atoms with van der Waals surface area (Å²) < 4.78 is 17.1. The number of carboxylic acids is 1. The van der Waals surface area contributed by atoms with Gasteiger partial charge in [0.2, 0.25) is 5.89 Å². The van der Waals surface area contributed by atoms with E-state index in [0.29, 0.717) is 24.7 Å². The summed E-state index contributed by atoms with van der Waals surface area (Å²) >= 11 is 0. The van der Waals surface area contributed by atoms with Gasteiger partial charge in [-0.1, -0.05) is 25.1 Å². The van der Waals surface area contributed by atoms with E-state index in [1.54, 1.807) is 6.92 Å². The highest BCUT2D eigenvalue weighted by atomic mass is 16.5. The Morgan fingerprint density at radius 2 is 1.87 bits per heavy atom. The van der Waals surface area contributed by atoms with Crippen molar-refractivity contribution in [1.29, 1.82) is 0 Å². The molecule has 0 aliphatic rings. The minimum absolute atomic E-state index is 0.290. The van der Waals surface area contributed by atoms with Gasteiger partial charge in [0, 0.05) is 18.6 Å². The van der Waals surface area contributed by atoms with E-state index in [0.717, 1.165) is 34.6 Å². The number of nitrogens with zero attached hydrogens (tertiary/aromatic N) is 1. The minimum Gasteiger partial charge on any atom is -0.487 e. The summed E-state index contributed by atoms with van der Waals surface area (Å²) in [6.45, 7) is 8.38. The Labute approximate surface area is 182 Å². The van der Waals surface area contributed by atoms with Crippen molar-refractivity contribution < 1.29 is 23.8 Å². The van der Waals surface area contributed by atoms with Crippen molar-refractivity contribution in [1.82, 2.24) is 4.98 Å². The first-order valence-electron chi connectivity index (χ1n) is 10.5. The first-order chi connectivity index (χ1) is 14.9.